The lowest BCUT2D eigenvalue weighted by Crippen LogP contribution is -2.41. The first-order valence-electron chi connectivity index (χ1n) is 7.54. The van der Waals surface area contributed by atoms with E-state index in [0.29, 0.717) is 0 Å². The Kier molecular flexibility index (Phi) is 7.14. The molecule has 2 nitrogen and oxygen atoms in total. The summed E-state index contributed by atoms with van der Waals surface area (Å²) in [6.07, 6.45) is 5.49. The fourth-order valence-corrected chi connectivity index (χ4v) is 2.65. The van der Waals surface area contributed by atoms with Gasteiger partial charge >= 0.3 is 0 Å². The Balaban J connectivity index is 2.01. The van der Waals surface area contributed by atoms with Crippen molar-refractivity contribution in [3.8, 4) is 0 Å². The minimum absolute atomic E-state index is 0.776. The van der Waals surface area contributed by atoms with Gasteiger partial charge in [0.15, 0.2) is 0 Å². The van der Waals surface area contributed by atoms with Crippen molar-refractivity contribution in [2.75, 3.05) is 26.2 Å². The third-order valence-electron chi connectivity index (χ3n) is 3.85. The topological polar surface area (TPSA) is 15.3 Å². The second-order valence-corrected chi connectivity index (χ2v) is 6.33. The second-order valence-electron chi connectivity index (χ2n) is 6.33. The highest BCUT2D eigenvalue weighted by Crippen LogP contribution is 2.21. The fraction of sp³-hybridized carbons (Fsp3) is 1.00. The van der Waals surface area contributed by atoms with Crippen molar-refractivity contribution in [2.45, 2.75) is 59.4 Å². The number of likely N-dealkylation sites (tertiary alicyclic amines) is 1. The minimum Gasteiger partial charge on any atom is -0.316 e. The maximum absolute atomic E-state index is 3.52. The van der Waals surface area contributed by atoms with Gasteiger partial charge in [-0.05, 0) is 64.1 Å². The molecule has 1 aliphatic rings. The third kappa shape index (κ3) is 6.42. The molecule has 1 heterocycles. The lowest BCUT2D eigenvalue weighted by molar-refractivity contribution is 0.123. The summed E-state index contributed by atoms with van der Waals surface area (Å²) < 4.78 is 0. The molecule has 0 spiro atoms. The van der Waals surface area contributed by atoms with Crippen LogP contribution >= 0.6 is 0 Å². The van der Waals surface area contributed by atoms with Crippen molar-refractivity contribution < 1.29 is 0 Å². The van der Waals surface area contributed by atoms with Crippen LogP contribution in [0, 0.1) is 11.8 Å². The summed E-state index contributed by atoms with van der Waals surface area (Å²) in [6, 6.07) is 0.815. The minimum atomic E-state index is 0.776. The van der Waals surface area contributed by atoms with Gasteiger partial charge in [0.05, 0.1) is 0 Å². The van der Waals surface area contributed by atoms with Crippen LogP contribution in [0.5, 0.6) is 0 Å². The number of hydrogen-bond donors (Lipinski definition) is 1. The molecule has 0 saturated carbocycles. The van der Waals surface area contributed by atoms with Crippen molar-refractivity contribution in [1.82, 2.24) is 10.2 Å². The fourth-order valence-electron chi connectivity index (χ4n) is 2.65. The van der Waals surface area contributed by atoms with Crippen molar-refractivity contribution >= 4 is 0 Å². The van der Waals surface area contributed by atoms with Gasteiger partial charge in [-0.15, -0.1) is 0 Å². The van der Waals surface area contributed by atoms with Gasteiger partial charge in [-0.25, -0.2) is 0 Å². The van der Waals surface area contributed by atoms with Crippen LogP contribution in [0.2, 0.25) is 0 Å². The Morgan fingerprint density at radius 3 is 2.65 bits per heavy atom. The van der Waals surface area contributed by atoms with E-state index in [4.69, 9.17) is 0 Å². The summed E-state index contributed by atoms with van der Waals surface area (Å²) in [5.41, 5.74) is 0. The van der Waals surface area contributed by atoms with Crippen molar-refractivity contribution in [1.29, 1.82) is 0 Å². The van der Waals surface area contributed by atoms with Gasteiger partial charge in [0.25, 0.3) is 0 Å². The van der Waals surface area contributed by atoms with Gasteiger partial charge in [0, 0.05) is 12.6 Å². The molecule has 0 bridgehead atoms. The van der Waals surface area contributed by atoms with Gasteiger partial charge in [-0.2, -0.15) is 0 Å². The quantitative estimate of drug-likeness (QED) is 0.688. The van der Waals surface area contributed by atoms with Gasteiger partial charge < -0.3 is 10.2 Å². The first-order valence-corrected chi connectivity index (χ1v) is 7.54. The standard InChI is InChI=1S/C15H32N2/c1-13(2)11-16-9-5-6-10-17-12-14(3)7-8-15(17)4/h13-16H,5-12H2,1-4H3. The summed E-state index contributed by atoms with van der Waals surface area (Å²) in [5.74, 6) is 1.68. The van der Waals surface area contributed by atoms with Crippen LogP contribution in [-0.2, 0) is 0 Å². The molecular formula is C15H32N2. The third-order valence-corrected chi connectivity index (χ3v) is 3.85. The highest BCUT2D eigenvalue weighted by molar-refractivity contribution is 4.76. The molecule has 2 unspecified atom stereocenters. The molecule has 1 aliphatic heterocycles. The largest absolute Gasteiger partial charge is 0.316 e. The zero-order valence-corrected chi connectivity index (χ0v) is 12.3. The highest BCUT2D eigenvalue weighted by Gasteiger charge is 2.21. The Hall–Kier alpha value is -0.0800. The van der Waals surface area contributed by atoms with Crippen LogP contribution in [0.15, 0.2) is 0 Å². The smallest absolute Gasteiger partial charge is 0.00671 e. The summed E-state index contributed by atoms with van der Waals surface area (Å²) in [4.78, 5) is 2.69. The summed E-state index contributed by atoms with van der Waals surface area (Å²) >= 11 is 0. The maximum atomic E-state index is 3.52. The average Bonchev–Trinajstić information content (AvgIpc) is 2.27. The first kappa shape index (κ1) is 15.0. The SMILES string of the molecule is CC(C)CNCCCCN1CC(C)CCC1C. The van der Waals surface area contributed by atoms with Crippen LogP contribution in [0.1, 0.15) is 53.4 Å². The van der Waals surface area contributed by atoms with Gasteiger partial charge in [-0.1, -0.05) is 20.8 Å². The molecule has 0 radical (unpaired) electrons. The van der Waals surface area contributed by atoms with Crippen LogP contribution < -0.4 is 5.32 Å². The number of nitrogens with one attached hydrogen (secondary N) is 1. The lowest BCUT2D eigenvalue weighted by atomic mass is 9.95. The predicted octanol–water partition coefficient (Wildman–Crippen LogP) is 3.13. The Morgan fingerprint density at radius 1 is 1.18 bits per heavy atom. The molecule has 0 amide bonds. The average molecular weight is 240 g/mol. The molecule has 0 aromatic carbocycles. The first-order chi connectivity index (χ1) is 8.09. The van der Waals surface area contributed by atoms with E-state index in [1.54, 1.807) is 0 Å². The molecule has 1 N–H and O–H groups in total. The van der Waals surface area contributed by atoms with Crippen LogP contribution in [0.25, 0.3) is 0 Å². The van der Waals surface area contributed by atoms with E-state index < -0.39 is 0 Å². The number of nitrogens with zero attached hydrogens (tertiary/aromatic N) is 1. The van der Waals surface area contributed by atoms with E-state index in [1.165, 1.54) is 45.3 Å². The van der Waals surface area contributed by atoms with Crippen molar-refractivity contribution in [3.05, 3.63) is 0 Å². The van der Waals surface area contributed by atoms with Crippen molar-refractivity contribution in [2.24, 2.45) is 11.8 Å². The molecule has 102 valence electrons. The molecule has 1 saturated heterocycles. The normalized spacial score (nSPS) is 26.6. The molecule has 1 rings (SSSR count). The molecule has 0 aromatic heterocycles. The Labute approximate surface area is 108 Å². The van der Waals surface area contributed by atoms with E-state index in [1.807, 2.05) is 0 Å². The van der Waals surface area contributed by atoms with E-state index in [2.05, 4.69) is 37.9 Å². The zero-order valence-electron chi connectivity index (χ0n) is 12.3. The van der Waals surface area contributed by atoms with Gasteiger partial charge in [0.2, 0.25) is 0 Å². The highest BCUT2D eigenvalue weighted by atomic mass is 15.2. The van der Waals surface area contributed by atoms with Gasteiger partial charge in [0.1, 0.15) is 0 Å². The molecule has 2 heteroatoms. The van der Waals surface area contributed by atoms with Crippen LogP contribution in [0.3, 0.4) is 0 Å². The number of unbranched alkanes of at least 4 members (excludes halogenated alkanes) is 1. The number of hydrogen-bond acceptors (Lipinski definition) is 2. The van der Waals surface area contributed by atoms with E-state index in [-0.39, 0.29) is 0 Å². The summed E-state index contributed by atoms with van der Waals surface area (Å²) in [5, 5.41) is 3.52. The Morgan fingerprint density at radius 2 is 1.94 bits per heavy atom. The molecule has 0 aliphatic carbocycles. The second kappa shape index (κ2) is 8.10. The van der Waals surface area contributed by atoms with E-state index in [9.17, 15) is 0 Å². The van der Waals surface area contributed by atoms with Gasteiger partial charge in [-0.3, -0.25) is 0 Å². The monoisotopic (exact) mass is 240 g/mol. The molecule has 17 heavy (non-hydrogen) atoms. The maximum Gasteiger partial charge on any atom is 0.00671 e. The van der Waals surface area contributed by atoms with E-state index in [0.717, 1.165) is 24.4 Å². The number of piperidine rings is 1. The number of rotatable bonds is 7. The molecule has 2 atom stereocenters. The van der Waals surface area contributed by atoms with Crippen molar-refractivity contribution in [3.63, 3.8) is 0 Å². The summed E-state index contributed by atoms with van der Waals surface area (Å²) in [7, 11) is 0. The predicted molar refractivity (Wildman–Crippen MR) is 76.4 cm³/mol. The molecule has 0 aromatic rings. The van der Waals surface area contributed by atoms with Crippen LogP contribution in [0.4, 0.5) is 0 Å². The molecular weight excluding hydrogens is 208 g/mol. The van der Waals surface area contributed by atoms with E-state index >= 15 is 0 Å². The Bertz CT molecular complexity index is 191. The zero-order chi connectivity index (χ0) is 12.7. The lowest BCUT2D eigenvalue weighted by Gasteiger charge is -2.36. The summed E-state index contributed by atoms with van der Waals surface area (Å²) in [6.45, 7) is 14.3. The molecule has 1 fully saturated rings. The van der Waals surface area contributed by atoms with Crippen LogP contribution in [-0.4, -0.2) is 37.1 Å².